The number of hydrogen-bond donors (Lipinski definition) is 1. The Bertz CT molecular complexity index is 1060. The number of hydrogen-bond acceptors (Lipinski definition) is 4. The summed E-state index contributed by atoms with van der Waals surface area (Å²) >= 11 is 0. The third-order valence-electron chi connectivity index (χ3n) is 4.60. The van der Waals surface area contributed by atoms with Gasteiger partial charge in [-0.15, -0.1) is 0 Å². The van der Waals surface area contributed by atoms with E-state index in [0.29, 0.717) is 17.3 Å². The van der Waals surface area contributed by atoms with Crippen molar-refractivity contribution in [3.05, 3.63) is 52.8 Å². The predicted octanol–water partition coefficient (Wildman–Crippen LogP) is 5.08. The molecule has 3 aromatic rings. The summed E-state index contributed by atoms with van der Waals surface area (Å²) < 4.78 is 10.8. The molecule has 0 radical (unpaired) electrons. The summed E-state index contributed by atoms with van der Waals surface area (Å²) in [6.45, 7) is 6.26. The SMILES string of the molecule is COc1ccc2nc(C(C#N)=Cc3cc(C(C)C)c(OC)cc3C)[nH]c2c1. The molecule has 0 fully saturated rings. The zero-order valence-corrected chi connectivity index (χ0v) is 16.3. The third kappa shape index (κ3) is 3.65. The molecule has 0 amide bonds. The zero-order valence-electron chi connectivity index (χ0n) is 16.3. The number of allylic oxidation sites excluding steroid dienone is 1. The van der Waals surface area contributed by atoms with Gasteiger partial charge in [0.25, 0.3) is 0 Å². The number of ether oxygens (including phenoxy) is 2. The minimum absolute atomic E-state index is 0.317. The van der Waals surface area contributed by atoms with Gasteiger partial charge in [-0.1, -0.05) is 13.8 Å². The van der Waals surface area contributed by atoms with Gasteiger partial charge in [-0.2, -0.15) is 5.26 Å². The van der Waals surface area contributed by atoms with E-state index in [2.05, 4.69) is 36.0 Å². The van der Waals surface area contributed by atoms with Crippen molar-refractivity contribution in [2.24, 2.45) is 0 Å². The molecule has 0 atom stereocenters. The molecular weight excluding hydrogens is 338 g/mol. The third-order valence-corrected chi connectivity index (χ3v) is 4.60. The quantitative estimate of drug-likeness (QED) is 0.644. The molecule has 1 aromatic heterocycles. The van der Waals surface area contributed by atoms with Crippen molar-refractivity contribution in [2.75, 3.05) is 14.2 Å². The Morgan fingerprint density at radius 1 is 1.19 bits per heavy atom. The number of aromatic amines is 1. The van der Waals surface area contributed by atoms with Gasteiger partial charge in [0, 0.05) is 6.07 Å². The van der Waals surface area contributed by atoms with Gasteiger partial charge in [-0.25, -0.2) is 4.98 Å². The summed E-state index contributed by atoms with van der Waals surface area (Å²) in [5, 5.41) is 9.71. The zero-order chi connectivity index (χ0) is 19.6. The van der Waals surface area contributed by atoms with Crippen molar-refractivity contribution >= 4 is 22.7 Å². The van der Waals surface area contributed by atoms with Gasteiger partial charge < -0.3 is 14.5 Å². The highest BCUT2D eigenvalue weighted by Gasteiger charge is 2.13. The molecule has 5 heteroatoms. The van der Waals surface area contributed by atoms with Crippen LogP contribution in [0.4, 0.5) is 0 Å². The van der Waals surface area contributed by atoms with Crippen LogP contribution in [0, 0.1) is 18.3 Å². The molecule has 0 unspecified atom stereocenters. The van der Waals surface area contributed by atoms with Crippen LogP contribution in [-0.4, -0.2) is 24.2 Å². The van der Waals surface area contributed by atoms with Gasteiger partial charge in [0.15, 0.2) is 0 Å². The first-order valence-corrected chi connectivity index (χ1v) is 8.81. The van der Waals surface area contributed by atoms with E-state index in [0.717, 1.165) is 39.2 Å². The van der Waals surface area contributed by atoms with Crippen molar-refractivity contribution < 1.29 is 9.47 Å². The van der Waals surface area contributed by atoms with E-state index in [4.69, 9.17) is 9.47 Å². The van der Waals surface area contributed by atoms with E-state index in [-0.39, 0.29) is 0 Å². The highest BCUT2D eigenvalue weighted by Crippen LogP contribution is 2.31. The van der Waals surface area contributed by atoms with E-state index in [9.17, 15) is 5.26 Å². The van der Waals surface area contributed by atoms with E-state index in [1.165, 1.54) is 0 Å². The van der Waals surface area contributed by atoms with Crippen LogP contribution in [0.25, 0.3) is 22.7 Å². The van der Waals surface area contributed by atoms with Gasteiger partial charge in [0.2, 0.25) is 0 Å². The number of nitrogens with one attached hydrogen (secondary N) is 1. The van der Waals surface area contributed by atoms with Crippen LogP contribution in [0.1, 0.15) is 42.3 Å². The number of methoxy groups -OCH3 is 2. The summed E-state index contributed by atoms with van der Waals surface area (Å²) in [7, 11) is 3.30. The molecule has 1 N–H and O–H groups in total. The molecule has 0 aliphatic heterocycles. The summed E-state index contributed by atoms with van der Waals surface area (Å²) in [5.74, 6) is 2.47. The Morgan fingerprint density at radius 3 is 2.59 bits per heavy atom. The lowest BCUT2D eigenvalue weighted by Crippen LogP contribution is -1.97. The lowest BCUT2D eigenvalue weighted by Gasteiger charge is -2.14. The van der Waals surface area contributed by atoms with E-state index < -0.39 is 0 Å². The molecule has 1 heterocycles. The lowest BCUT2D eigenvalue weighted by atomic mass is 9.95. The van der Waals surface area contributed by atoms with Crippen LogP contribution in [-0.2, 0) is 0 Å². The Hall–Kier alpha value is -3.26. The normalized spacial score (nSPS) is 11.7. The van der Waals surface area contributed by atoms with E-state index in [1.807, 2.05) is 37.3 Å². The number of benzene rings is 2. The van der Waals surface area contributed by atoms with E-state index >= 15 is 0 Å². The summed E-state index contributed by atoms with van der Waals surface area (Å²) in [4.78, 5) is 7.76. The van der Waals surface area contributed by atoms with Gasteiger partial charge in [0.1, 0.15) is 23.4 Å². The summed E-state index contributed by atoms with van der Waals surface area (Å²) in [6, 6.07) is 12.0. The van der Waals surface area contributed by atoms with Crippen molar-refractivity contribution in [3.8, 4) is 17.6 Å². The van der Waals surface area contributed by atoms with Gasteiger partial charge >= 0.3 is 0 Å². The molecule has 0 aliphatic carbocycles. The molecule has 138 valence electrons. The number of nitrogens with zero attached hydrogens (tertiary/aromatic N) is 2. The average molecular weight is 361 g/mol. The maximum Gasteiger partial charge on any atom is 0.149 e. The summed E-state index contributed by atoms with van der Waals surface area (Å²) in [6.07, 6.45) is 1.87. The molecule has 0 saturated heterocycles. The Kier molecular flexibility index (Phi) is 5.18. The molecule has 0 saturated carbocycles. The number of H-pyrrole nitrogens is 1. The van der Waals surface area contributed by atoms with Crippen LogP contribution in [0.2, 0.25) is 0 Å². The molecule has 0 aliphatic rings. The molecule has 2 aromatic carbocycles. The van der Waals surface area contributed by atoms with Crippen molar-refractivity contribution in [3.63, 3.8) is 0 Å². The first-order chi connectivity index (χ1) is 13.0. The minimum atomic E-state index is 0.317. The number of imidazole rings is 1. The molecule has 0 spiro atoms. The van der Waals surface area contributed by atoms with Crippen LogP contribution < -0.4 is 9.47 Å². The number of nitriles is 1. The maximum atomic E-state index is 9.71. The van der Waals surface area contributed by atoms with Gasteiger partial charge in [0.05, 0.1) is 30.8 Å². The van der Waals surface area contributed by atoms with Crippen molar-refractivity contribution in [1.82, 2.24) is 9.97 Å². The molecular formula is C22H23N3O2. The standard InChI is InChI=1S/C22H23N3O2/c1-13(2)18-10-15(14(3)8-21(18)27-5)9-16(12-23)22-24-19-7-6-17(26-4)11-20(19)25-22/h6-11,13H,1-5H3,(H,24,25). The fraction of sp³-hybridized carbons (Fsp3) is 0.273. The van der Waals surface area contributed by atoms with Crippen LogP contribution >= 0.6 is 0 Å². The van der Waals surface area contributed by atoms with Crippen molar-refractivity contribution in [2.45, 2.75) is 26.7 Å². The highest BCUT2D eigenvalue weighted by molar-refractivity contribution is 5.91. The lowest BCUT2D eigenvalue weighted by molar-refractivity contribution is 0.407. The largest absolute Gasteiger partial charge is 0.497 e. The second kappa shape index (κ2) is 7.55. The number of fused-ring (bicyclic) bond motifs is 1. The predicted molar refractivity (Wildman–Crippen MR) is 108 cm³/mol. The Labute approximate surface area is 159 Å². The highest BCUT2D eigenvalue weighted by atomic mass is 16.5. The molecule has 0 bridgehead atoms. The van der Waals surface area contributed by atoms with Crippen LogP contribution in [0.15, 0.2) is 30.3 Å². The topological polar surface area (TPSA) is 70.9 Å². The number of aryl methyl sites for hydroxylation is 1. The maximum absolute atomic E-state index is 9.71. The smallest absolute Gasteiger partial charge is 0.149 e. The van der Waals surface area contributed by atoms with Gasteiger partial charge in [-0.3, -0.25) is 0 Å². The van der Waals surface area contributed by atoms with E-state index in [1.54, 1.807) is 14.2 Å². The van der Waals surface area contributed by atoms with Gasteiger partial charge in [-0.05, 0) is 59.9 Å². The molecule has 3 rings (SSSR count). The number of rotatable bonds is 5. The van der Waals surface area contributed by atoms with Crippen LogP contribution in [0.3, 0.4) is 0 Å². The second-order valence-electron chi connectivity index (χ2n) is 6.74. The Morgan fingerprint density at radius 2 is 1.96 bits per heavy atom. The first kappa shape index (κ1) is 18.5. The monoisotopic (exact) mass is 361 g/mol. The fourth-order valence-corrected chi connectivity index (χ4v) is 3.05. The van der Waals surface area contributed by atoms with Crippen molar-refractivity contribution in [1.29, 1.82) is 5.26 Å². The summed E-state index contributed by atoms with van der Waals surface area (Å²) in [5.41, 5.74) is 5.24. The fourth-order valence-electron chi connectivity index (χ4n) is 3.05. The Balaban J connectivity index is 2.09. The molecule has 5 nitrogen and oxygen atoms in total. The number of aromatic nitrogens is 2. The van der Waals surface area contributed by atoms with Crippen LogP contribution in [0.5, 0.6) is 11.5 Å². The first-order valence-electron chi connectivity index (χ1n) is 8.81. The second-order valence-corrected chi connectivity index (χ2v) is 6.74. The molecule has 27 heavy (non-hydrogen) atoms. The minimum Gasteiger partial charge on any atom is -0.497 e. The average Bonchev–Trinajstić information content (AvgIpc) is 3.09.